The van der Waals surface area contributed by atoms with Crippen molar-refractivity contribution in [1.82, 2.24) is 0 Å². The molecule has 1 N–H and O–H groups in total. The number of aliphatic hydroxyl groups excluding tert-OH is 1. The molecular formula is C14H28OSi. The van der Waals surface area contributed by atoms with Crippen molar-refractivity contribution in [2.75, 3.05) is 0 Å². The predicted octanol–water partition coefficient (Wildman–Crippen LogP) is 3.98. The standard InChI is InChI=1S/C14H28OSi/c1-5-6-7-8-9-11-14(15)12-10-13-16(2,3)4/h14-15H,5-9,11-12H2,1-4H3/t14-/m0/s1. The van der Waals surface area contributed by atoms with Crippen LogP contribution in [0, 0.1) is 11.5 Å². The highest BCUT2D eigenvalue weighted by Gasteiger charge is 2.08. The van der Waals surface area contributed by atoms with Crippen molar-refractivity contribution in [1.29, 1.82) is 0 Å². The topological polar surface area (TPSA) is 20.2 Å². The van der Waals surface area contributed by atoms with Gasteiger partial charge in [-0.2, -0.15) is 0 Å². The molecule has 0 radical (unpaired) electrons. The SMILES string of the molecule is CCCCCCC[C@H](O)CC#C[Si](C)(C)C. The van der Waals surface area contributed by atoms with E-state index in [1.165, 1.54) is 25.7 Å². The molecule has 16 heavy (non-hydrogen) atoms. The molecule has 1 nitrogen and oxygen atoms in total. The van der Waals surface area contributed by atoms with Crippen LogP contribution in [0.15, 0.2) is 0 Å². The molecule has 0 rings (SSSR count). The zero-order valence-electron chi connectivity index (χ0n) is 11.5. The Balaban J connectivity index is 3.51. The van der Waals surface area contributed by atoms with Gasteiger partial charge in [-0.15, -0.1) is 11.5 Å². The van der Waals surface area contributed by atoms with Crippen LogP contribution in [-0.2, 0) is 0 Å². The first-order valence-corrected chi connectivity index (χ1v) is 10.1. The Morgan fingerprint density at radius 2 is 1.69 bits per heavy atom. The van der Waals surface area contributed by atoms with E-state index in [1.807, 2.05) is 0 Å². The number of hydrogen-bond donors (Lipinski definition) is 1. The Bertz CT molecular complexity index is 219. The predicted molar refractivity (Wildman–Crippen MR) is 75.1 cm³/mol. The molecule has 0 bridgehead atoms. The van der Waals surface area contributed by atoms with Crippen LogP contribution in [0.3, 0.4) is 0 Å². The van der Waals surface area contributed by atoms with Gasteiger partial charge in [-0.3, -0.25) is 0 Å². The average molecular weight is 240 g/mol. The molecule has 0 unspecified atom stereocenters. The van der Waals surface area contributed by atoms with Gasteiger partial charge >= 0.3 is 0 Å². The fraction of sp³-hybridized carbons (Fsp3) is 0.857. The summed E-state index contributed by atoms with van der Waals surface area (Å²) in [5, 5.41) is 9.72. The van der Waals surface area contributed by atoms with Gasteiger partial charge in [0.2, 0.25) is 0 Å². The van der Waals surface area contributed by atoms with Gasteiger partial charge in [0.25, 0.3) is 0 Å². The largest absolute Gasteiger partial charge is 0.392 e. The van der Waals surface area contributed by atoms with E-state index >= 15 is 0 Å². The lowest BCUT2D eigenvalue weighted by molar-refractivity contribution is 0.166. The summed E-state index contributed by atoms with van der Waals surface area (Å²) < 4.78 is 0. The molecule has 94 valence electrons. The minimum absolute atomic E-state index is 0.203. The molecular weight excluding hydrogens is 212 g/mol. The third kappa shape index (κ3) is 11.8. The maximum absolute atomic E-state index is 9.72. The Morgan fingerprint density at radius 1 is 1.06 bits per heavy atom. The first-order chi connectivity index (χ1) is 7.45. The molecule has 1 atom stereocenters. The molecule has 0 aliphatic carbocycles. The minimum Gasteiger partial charge on any atom is -0.392 e. The van der Waals surface area contributed by atoms with E-state index in [2.05, 4.69) is 38.0 Å². The average Bonchev–Trinajstić information content (AvgIpc) is 2.15. The van der Waals surface area contributed by atoms with Crippen LogP contribution in [-0.4, -0.2) is 19.3 Å². The van der Waals surface area contributed by atoms with E-state index in [1.54, 1.807) is 0 Å². The highest BCUT2D eigenvalue weighted by Crippen LogP contribution is 2.09. The van der Waals surface area contributed by atoms with Gasteiger partial charge in [0.05, 0.1) is 6.10 Å². The maximum atomic E-state index is 9.72. The number of unbranched alkanes of at least 4 members (excludes halogenated alkanes) is 4. The van der Waals surface area contributed by atoms with Crippen LogP contribution in [0.4, 0.5) is 0 Å². The molecule has 0 aliphatic rings. The Kier molecular flexibility index (Phi) is 8.69. The Labute approximate surface area is 103 Å². The number of hydrogen-bond acceptors (Lipinski definition) is 1. The van der Waals surface area contributed by atoms with Crippen LogP contribution >= 0.6 is 0 Å². The lowest BCUT2D eigenvalue weighted by Gasteiger charge is -2.07. The quantitative estimate of drug-likeness (QED) is 0.405. The van der Waals surface area contributed by atoms with Crippen molar-refractivity contribution >= 4 is 8.07 Å². The van der Waals surface area contributed by atoms with Gasteiger partial charge in [-0.1, -0.05) is 58.7 Å². The summed E-state index contributed by atoms with van der Waals surface area (Å²) in [5.41, 5.74) is 3.29. The summed E-state index contributed by atoms with van der Waals surface area (Å²) in [6.45, 7) is 8.92. The molecule has 0 aromatic rings. The molecule has 0 aromatic carbocycles. The molecule has 0 heterocycles. The van der Waals surface area contributed by atoms with Crippen LogP contribution in [0.1, 0.15) is 51.9 Å². The molecule has 0 aliphatic heterocycles. The van der Waals surface area contributed by atoms with E-state index in [9.17, 15) is 5.11 Å². The van der Waals surface area contributed by atoms with Crippen LogP contribution in [0.5, 0.6) is 0 Å². The van der Waals surface area contributed by atoms with Crippen molar-refractivity contribution in [2.24, 2.45) is 0 Å². The molecule has 0 aromatic heterocycles. The molecule has 2 heteroatoms. The lowest BCUT2D eigenvalue weighted by atomic mass is 10.1. The highest BCUT2D eigenvalue weighted by atomic mass is 28.3. The van der Waals surface area contributed by atoms with Crippen LogP contribution in [0.25, 0.3) is 0 Å². The highest BCUT2D eigenvalue weighted by molar-refractivity contribution is 6.83. The summed E-state index contributed by atoms with van der Waals surface area (Å²) >= 11 is 0. The summed E-state index contributed by atoms with van der Waals surface area (Å²) in [4.78, 5) is 0. The second-order valence-electron chi connectivity index (χ2n) is 5.61. The van der Waals surface area contributed by atoms with E-state index in [0.717, 1.165) is 12.8 Å². The molecule has 0 spiro atoms. The lowest BCUT2D eigenvalue weighted by Crippen LogP contribution is -2.16. The summed E-state index contributed by atoms with van der Waals surface area (Å²) in [6, 6.07) is 0. The van der Waals surface area contributed by atoms with Gasteiger partial charge < -0.3 is 5.11 Å². The van der Waals surface area contributed by atoms with Gasteiger partial charge in [0.1, 0.15) is 8.07 Å². The van der Waals surface area contributed by atoms with Crippen LogP contribution in [0.2, 0.25) is 19.6 Å². The third-order valence-corrected chi connectivity index (χ3v) is 3.37. The van der Waals surface area contributed by atoms with Crippen molar-refractivity contribution in [2.45, 2.75) is 77.6 Å². The fourth-order valence-electron chi connectivity index (χ4n) is 1.52. The third-order valence-electron chi connectivity index (χ3n) is 2.44. The second-order valence-corrected chi connectivity index (χ2v) is 10.4. The summed E-state index contributed by atoms with van der Waals surface area (Å²) in [6.07, 6.45) is 7.70. The van der Waals surface area contributed by atoms with Gasteiger partial charge in [0, 0.05) is 6.42 Å². The number of aliphatic hydroxyl groups is 1. The van der Waals surface area contributed by atoms with Gasteiger partial charge in [0.15, 0.2) is 0 Å². The van der Waals surface area contributed by atoms with Crippen molar-refractivity contribution in [3.8, 4) is 11.5 Å². The summed E-state index contributed by atoms with van der Waals surface area (Å²) in [7, 11) is -1.25. The minimum atomic E-state index is -1.25. The number of rotatable bonds is 7. The van der Waals surface area contributed by atoms with E-state index in [0.29, 0.717) is 6.42 Å². The van der Waals surface area contributed by atoms with Crippen molar-refractivity contribution in [3.63, 3.8) is 0 Å². The van der Waals surface area contributed by atoms with E-state index in [4.69, 9.17) is 0 Å². The van der Waals surface area contributed by atoms with E-state index < -0.39 is 8.07 Å². The molecule has 0 amide bonds. The zero-order valence-corrected chi connectivity index (χ0v) is 12.5. The normalized spacial score (nSPS) is 13.1. The molecule has 0 saturated heterocycles. The van der Waals surface area contributed by atoms with E-state index in [-0.39, 0.29) is 6.10 Å². The molecule has 0 fully saturated rings. The zero-order chi connectivity index (χ0) is 12.4. The second kappa shape index (κ2) is 8.84. The maximum Gasteiger partial charge on any atom is 0.129 e. The first-order valence-electron chi connectivity index (χ1n) is 6.64. The summed E-state index contributed by atoms with van der Waals surface area (Å²) in [5.74, 6) is 3.14. The monoisotopic (exact) mass is 240 g/mol. The van der Waals surface area contributed by atoms with Crippen LogP contribution < -0.4 is 0 Å². The fourth-order valence-corrected chi connectivity index (χ4v) is 2.15. The first kappa shape index (κ1) is 15.7. The Morgan fingerprint density at radius 3 is 2.25 bits per heavy atom. The Hall–Kier alpha value is -0.263. The van der Waals surface area contributed by atoms with Crippen molar-refractivity contribution in [3.05, 3.63) is 0 Å². The van der Waals surface area contributed by atoms with Gasteiger partial charge in [-0.25, -0.2) is 0 Å². The smallest absolute Gasteiger partial charge is 0.129 e. The molecule has 0 saturated carbocycles. The van der Waals surface area contributed by atoms with Crippen molar-refractivity contribution < 1.29 is 5.11 Å². The van der Waals surface area contributed by atoms with Gasteiger partial charge in [-0.05, 0) is 6.42 Å².